The summed E-state index contributed by atoms with van der Waals surface area (Å²) >= 11 is 6.20. The molecule has 0 amide bonds. The van der Waals surface area contributed by atoms with E-state index in [4.69, 9.17) is 11.6 Å². The molecule has 0 aliphatic carbocycles. The average molecular weight is 285 g/mol. The summed E-state index contributed by atoms with van der Waals surface area (Å²) in [6, 6.07) is 0. The van der Waals surface area contributed by atoms with Crippen molar-refractivity contribution in [2.24, 2.45) is 0 Å². The van der Waals surface area contributed by atoms with Crippen molar-refractivity contribution in [3.8, 4) is 0 Å². The van der Waals surface area contributed by atoms with E-state index in [2.05, 4.69) is 40.8 Å². The number of aryl methyl sites for hydroxylation is 1. The van der Waals surface area contributed by atoms with Crippen LogP contribution in [0.5, 0.6) is 0 Å². The minimum absolute atomic E-state index is 0.577. The Morgan fingerprint density at radius 3 is 2.32 bits per heavy atom. The number of hydrogen-bond donors (Lipinski definition) is 0. The molecule has 0 saturated carbocycles. The molecular formula is C14H25ClN4. The Bertz CT molecular complexity index is 407. The molecule has 108 valence electrons. The van der Waals surface area contributed by atoms with Gasteiger partial charge in [-0.05, 0) is 40.9 Å². The Balaban J connectivity index is 2.87. The summed E-state index contributed by atoms with van der Waals surface area (Å²) < 4.78 is 0. The van der Waals surface area contributed by atoms with Crippen molar-refractivity contribution in [2.45, 2.75) is 33.6 Å². The highest BCUT2D eigenvalue weighted by Gasteiger charge is 2.14. The number of anilines is 1. The monoisotopic (exact) mass is 284 g/mol. The fraction of sp³-hybridized carbons (Fsp3) is 0.714. The summed E-state index contributed by atoms with van der Waals surface area (Å²) in [6.07, 6.45) is 1.92. The number of aromatic nitrogens is 2. The normalized spacial score (nSPS) is 11.1. The lowest BCUT2D eigenvalue weighted by molar-refractivity contribution is 0.400. The summed E-state index contributed by atoms with van der Waals surface area (Å²) in [5.41, 5.74) is 0.977. The molecule has 1 aromatic rings. The molecule has 0 N–H and O–H groups in total. The van der Waals surface area contributed by atoms with Gasteiger partial charge < -0.3 is 9.80 Å². The average Bonchev–Trinajstić information content (AvgIpc) is 2.38. The van der Waals surface area contributed by atoms with E-state index in [1.54, 1.807) is 0 Å². The van der Waals surface area contributed by atoms with Crippen LogP contribution in [-0.4, -0.2) is 48.6 Å². The molecule has 0 saturated heterocycles. The fourth-order valence-corrected chi connectivity index (χ4v) is 2.16. The lowest BCUT2D eigenvalue weighted by Crippen LogP contribution is -2.29. The predicted octanol–water partition coefficient (Wildman–Crippen LogP) is 2.78. The quantitative estimate of drug-likeness (QED) is 0.721. The maximum absolute atomic E-state index is 6.20. The molecule has 0 bridgehead atoms. The van der Waals surface area contributed by atoms with Crippen molar-refractivity contribution >= 4 is 17.4 Å². The standard InChI is InChI=1S/C14H25ClN4/c1-6-12-16-13(15)11(3)14(17-12)19(7-2)10-8-9-18(4)5/h6-10H2,1-5H3. The second-order valence-corrected chi connectivity index (χ2v) is 5.33. The molecule has 0 fully saturated rings. The first-order valence-corrected chi connectivity index (χ1v) is 7.30. The maximum Gasteiger partial charge on any atom is 0.137 e. The van der Waals surface area contributed by atoms with Gasteiger partial charge in [-0.25, -0.2) is 9.97 Å². The van der Waals surface area contributed by atoms with E-state index in [0.717, 1.165) is 49.7 Å². The van der Waals surface area contributed by atoms with Crippen LogP contribution in [0.3, 0.4) is 0 Å². The second-order valence-electron chi connectivity index (χ2n) is 4.97. The fourth-order valence-electron chi connectivity index (χ4n) is 1.98. The van der Waals surface area contributed by atoms with Crippen molar-refractivity contribution in [2.75, 3.05) is 38.6 Å². The number of halogens is 1. The van der Waals surface area contributed by atoms with Gasteiger partial charge in [0.05, 0.1) is 0 Å². The molecule has 4 nitrogen and oxygen atoms in total. The Morgan fingerprint density at radius 2 is 1.79 bits per heavy atom. The van der Waals surface area contributed by atoms with Crippen molar-refractivity contribution in [3.05, 3.63) is 16.5 Å². The van der Waals surface area contributed by atoms with E-state index in [-0.39, 0.29) is 0 Å². The zero-order chi connectivity index (χ0) is 14.4. The molecule has 0 radical (unpaired) electrons. The predicted molar refractivity (Wildman–Crippen MR) is 82.2 cm³/mol. The Morgan fingerprint density at radius 1 is 1.11 bits per heavy atom. The highest BCUT2D eigenvalue weighted by molar-refractivity contribution is 6.30. The van der Waals surface area contributed by atoms with E-state index in [0.29, 0.717) is 5.15 Å². The van der Waals surface area contributed by atoms with Gasteiger partial charge in [-0.15, -0.1) is 0 Å². The number of nitrogens with zero attached hydrogens (tertiary/aromatic N) is 4. The lowest BCUT2D eigenvalue weighted by atomic mass is 10.2. The van der Waals surface area contributed by atoms with Gasteiger partial charge in [-0.3, -0.25) is 0 Å². The molecule has 5 heteroatoms. The van der Waals surface area contributed by atoms with Crippen LogP contribution in [0.25, 0.3) is 0 Å². The molecule has 19 heavy (non-hydrogen) atoms. The van der Waals surface area contributed by atoms with Gasteiger partial charge >= 0.3 is 0 Å². The summed E-state index contributed by atoms with van der Waals surface area (Å²) in [4.78, 5) is 13.4. The Labute approximate surface area is 121 Å². The third-order valence-electron chi connectivity index (χ3n) is 3.14. The third kappa shape index (κ3) is 4.62. The number of hydrogen-bond acceptors (Lipinski definition) is 4. The minimum Gasteiger partial charge on any atom is -0.356 e. The first kappa shape index (κ1) is 16.2. The molecule has 0 aliphatic heterocycles. The van der Waals surface area contributed by atoms with E-state index in [9.17, 15) is 0 Å². The lowest BCUT2D eigenvalue weighted by Gasteiger charge is -2.25. The number of rotatable bonds is 7. The summed E-state index contributed by atoms with van der Waals surface area (Å²) in [5.74, 6) is 1.80. The van der Waals surface area contributed by atoms with Crippen LogP contribution >= 0.6 is 11.6 Å². The summed E-state index contributed by atoms with van der Waals surface area (Å²) in [6.45, 7) is 9.20. The summed E-state index contributed by atoms with van der Waals surface area (Å²) in [5, 5.41) is 0.577. The van der Waals surface area contributed by atoms with Crippen LogP contribution in [0.4, 0.5) is 5.82 Å². The molecule has 0 aliphatic rings. The van der Waals surface area contributed by atoms with Gasteiger partial charge in [-0.2, -0.15) is 0 Å². The van der Waals surface area contributed by atoms with Gasteiger partial charge in [0.2, 0.25) is 0 Å². The minimum atomic E-state index is 0.577. The highest BCUT2D eigenvalue weighted by Crippen LogP contribution is 2.23. The van der Waals surface area contributed by atoms with Crippen LogP contribution in [0.15, 0.2) is 0 Å². The van der Waals surface area contributed by atoms with E-state index in [1.165, 1.54) is 0 Å². The Hall–Kier alpha value is -0.870. The second kappa shape index (κ2) is 7.65. The van der Waals surface area contributed by atoms with Gasteiger partial charge in [-0.1, -0.05) is 18.5 Å². The van der Waals surface area contributed by atoms with Crippen LogP contribution in [0, 0.1) is 6.92 Å². The van der Waals surface area contributed by atoms with E-state index >= 15 is 0 Å². The first-order valence-electron chi connectivity index (χ1n) is 6.92. The molecule has 1 aromatic heterocycles. The molecule has 0 spiro atoms. The molecule has 0 aromatic carbocycles. The maximum atomic E-state index is 6.20. The van der Waals surface area contributed by atoms with Crippen molar-refractivity contribution in [1.29, 1.82) is 0 Å². The topological polar surface area (TPSA) is 32.3 Å². The van der Waals surface area contributed by atoms with Crippen LogP contribution in [-0.2, 0) is 6.42 Å². The molecular weight excluding hydrogens is 260 g/mol. The molecule has 0 unspecified atom stereocenters. The molecule has 1 heterocycles. The first-order chi connectivity index (χ1) is 8.99. The SMILES string of the molecule is CCc1nc(Cl)c(C)c(N(CC)CCCN(C)C)n1. The van der Waals surface area contributed by atoms with Crippen molar-refractivity contribution in [1.82, 2.24) is 14.9 Å². The highest BCUT2D eigenvalue weighted by atomic mass is 35.5. The van der Waals surface area contributed by atoms with Crippen molar-refractivity contribution in [3.63, 3.8) is 0 Å². The van der Waals surface area contributed by atoms with Gasteiger partial charge in [0.25, 0.3) is 0 Å². The van der Waals surface area contributed by atoms with Gasteiger partial charge in [0.15, 0.2) is 0 Å². The summed E-state index contributed by atoms with van der Waals surface area (Å²) in [7, 11) is 4.19. The zero-order valence-electron chi connectivity index (χ0n) is 12.7. The largest absolute Gasteiger partial charge is 0.356 e. The zero-order valence-corrected chi connectivity index (χ0v) is 13.5. The Kier molecular flexibility index (Phi) is 6.52. The third-order valence-corrected chi connectivity index (χ3v) is 3.51. The van der Waals surface area contributed by atoms with E-state index in [1.807, 2.05) is 13.8 Å². The van der Waals surface area contributed by atoms with Gasteiger partial charge in [0, 0.05) is 25.1 Å². The van der Waals surface area contributed by atoms with Gasteiger partial charge in [0.1, 0.15) is 16.8 Å². The molecule has 0 atom stereocenters. The van der Waals surface area contributed by atoms with Crippen LogP contribution in [0.1, 0.15) is 31.7 Å². The van der Waals surface area contributed by atoms with Crippen LogP contribution in [0.2, 0.25) is 5.15 Å². The van der Waals surface area contributed by atoms with Crippen molar-refractivity contribution < 1.29 is 0 Å². The molecule has 1 rings (SSSR count). The van der Waals surface area contributed by atoms with E-state index < -0.39 is 0 Å². The van der Waals surface area contributed by atoms with Crippen LogP contribution < -0.4 is 4.90 Å². The smallest absolute Gasteiger partial charge is 0.137 e.